The van der Waals surface area contributed by atoms with Crippen LogP contribution in [0.1, 0.15) is 17.0 Å². The van der Waals surface area contributed by atoms with E-state index >= 15 is 0 Å². The minimum atomic E-state index is 0.401. The van der Waals surface area contributed by atoms with E-state index in [2.05, 4.69) is 64.9 Å². The molecule has 3 aromatic rings. The minimum absolute atomic E-state index is 0.401. The van der Waals surface area contributed by atoms with Gasteiger partial charge >= 0.3 is 0 Å². The largest absolute Gasteiger partial charge is 0.369 e. The zero-order valence-corrected chi connectivity index (χ0v) is 11.7. The SMILES string of the molecule is c1ccc(-c2ccc(C3CNc4ncccc43)cc2)cc1. The van der Waals surface area contributed by atoms with E-state index in [-0.39, 0.29) is 0 Å². The van der Waals surface area contributed by atoms with Crippen molar-refractivity contribution in [1.82, 2.24) is 4.98 Å². The maximum atomic E-state index is 4.39. The number of rotatable bonds is 2. The molecule has 0 amide bonds. The second kappa shape index (κ2) is 5.06. The fourth-order valence-corrected chi connectivity index (χ4v) is 2.99. The number of benzene rings is 2. The number of hydrogen-bond donors (Lipinski definition) is 1. The molecule has 0 spiro atoms. The summed E-state index contributed by atoms with van der Waals surface area (Å²) >= 11 is 0. The monoisotopic (exact) mass is 272 g/mol. The minimum Gasteiger partial charge on any atom is -0.369 e. The molecular formula is C19H16N2. The lowest BCUT2D eigenvalue weighted by atomic mass is 9.92. The quantitative estimate of drug-likeness (QED) is 0.752. The van der Waals surface area contributed by atoms with Crippen LogP contribution in [0.5, 0.6) is 0 Å². The summed E-state index contributed by atoms with van der Waals surface area (Å²) in [6, 6.07) is 23.5. The molecule has 0 saturated carbocycles. The van der Waals surface area contributed by atoms with Crippen LogP contribution in [0.4, 0.5) is 5.82 Å². The van der Waals surface area contributed by atoms with Crippen molar-refractivity contribution in [2.75, 3.05) is 11.9 Å². The first-order chi connectivity index (χ1) is 10.4. The van der Waals surface area contributed by atoms with Crippen LogP contribution in [0.25, 0.3) is 11.1 Å². The van der Waals surface area contributed by atoms with Crippen LogP contribution in [-0.2, 0) is 0 Å². The molecule has 102 valence electrons. The van der Waals surface area contributed by atoms with Gasteiger partial charge in [0.25, 0.3) is 0 Å². The van der Waals surface area contributed by atoms with Crippen molar-refractivity contribution in [3.63, 3.8) is 0 Å². The number of nitrogens with one attached hydrogen (secondary N) is 1. The number of nitrogens with zero attached hydrogens (tertiary/aromatic N) is 1. The van der Waals surface area contributed by atoms with Crippen LogP contribution in [0.2, 0.25) is 0 Å². The molecule has 2 nitrogen and oxygen atoms in total. The predicted molar refractivity (Wildman–Crippen MR) is 86.4 cm³/mol. The van der Waals surface area contributed by atoms with Gasteiger partial charge in [-0.05, 0) is 22.8 Å². The van der Waals surface area contributed by atoms with E-state index in [1.165, 1.54) is 22.3 Å². The van der Waals surface area contributed by atoms with Gasteiger partial charge in [-0.1, -0.05) is 60.7 Å². The van der Waals surface area contributed by atoms with Crippen LogP contribution < -0.4 is 5.32 Å². The van der Waals surface area contributed by atoms with E-state index < -0.39 is 0 Å². The first-order valence-corrected chi connectivity index (χ1v) is 7.26. The highest BCUT2D eigenvalue weighted by molar-refractivity contribution is 5.64. The third kappa shape index (κ3) is 2.19. The van der Waals surface area contributed by atoms with Gasteiger partial charge in [0.1, 0.15) is 5.82 Å². The van der Waals surface area contributed by atoms with Crippen LogP contribution in [0, 0.1) is 0 Å². The summed E-state index contributed by atoms with van der Waals surface area (Å²) in [6.07, 6.45) is 1.84. The topological polar surface area (TPSA) is 24.9 Å². The van der Waals surface area contributed by atoms with Gasteiger partial charge in [-0.3, -0.25) is 0 Å². The highest BCUT2D eigenvalue weighted by Crippen LogP contribution is 2.35. The van der Waals surface area contributed by atoms with Gasteiger partial charge in [0.2, 0.25) is 0 Å². The fraction of sp³-hybridized carbons (Fsp3) is 0.105. The molecule has 1 unspecified atom stereocenters. The second-order valence-electron chi connectivity index (χ2n) is 5.36. The molecule has 1 atom stereocenters. The molecule has 2 heteroatoms. The van der Waals surface area contributed by atoms with Crippen molar-refractivity contribution in [2.24, 2.45) is 0 Å². The number of fused-ring (bicyclic) bond motifs is 1. The maximum absolute atomic E-state index is 4.39. The lowest BCUT2D eigenvalue weighted by molar-refractivity contribution is 0.907. The van der Waals surface area contributed by atoms with Crippen molar-refractivity contribution in [1.29, 1.82) is 0 Å². The van der Waals surface area contributed by atoms with E-state index in [0.717, 1.165) is 12.4 Å². The van der Waals surface area contributed by atoms with Crippen molar-refractivity contribution in [2.45, 2.75) is 5.92 Å². The molecule has 4 rings (SSSR count). The highest BCUT2D eigenvalue weighted by Gasteiger charge is 2.24. The Morgan fingerprint density at radius 3 is 2.38 bits per heavy atom. The van der Waals surface area contributed by atoms with E-state index in [4.69, 9.17) is 0 Å². The average Bonchev–Trinajstić information content (AvgIpc) is 3.00. The van der Waals surface area contributed by atoms with Crippen LogP contribution in [0.3, 0.4) is 0 Å². The Balaban J connectivity index is 1.66. The first kappa shape index (κ1) is 12.2. The molecule has 0 radical (unpaired) electrons. The Labute approximate surface area is 124 Å². The Bertz CT molecular complexity index is 748. The lowest BCUT2D eigenvalue weighted by Gasteiger charge is -2.11. The molecule has 0 saturated heterocycles. The summed E-state index contributed by atoms with van der Waals surface area (Å²) in [5, 5.41) is 3.38. The van der Waals surface area contributed by atoms with Crippen molar-refractivity contribution < 1.29 is 0 Å². The molecule has 1 aliphatic heterocycles. The van der Waals surface area contributed by atoms with Gasteiger partial charge in [-0.15, -0.1) is 0 Å². The smallest absolute Gasteiger partial charge is 0.129 e. The molecule has 1 N–H and O–H groups in total. The molecule has 0 fully saturated rings. The lowest BCUT2D eigenvalue weighted by Crippen LogP contribution is -2.03. The summed E-state index contributed by atoms with van der Waals surface area (Å²) in [5.41, 5.74) is 5.16. The van der Waals surface area contributed by atoms with Gasteiger partial charge in [0.15, 0.2) is 0 Å². The van der Waals surface area contributed by atoms with Crippen molar-refractivity contribution >= 4 is 5.82 Å². The summed E-state index contributed by atoms with van der Waals surface area (Å²) < 4.78 is 0. The van der Waals surface area contributed by atoms with Gasteiger partial charge in [0.05, 0.1) is 0 Å². The van der Waals surface area contributed by atoms with Gasteiger partial charge in [-0.25, -0.2) is 4.98 Å². The van der Waals surface area contributed by atoms with E-state index in [9.17, 15) is 0 Å². The van der Waals surface area contributed by atoms with E-state index in [1.54, 1.807) is 0 Å². The van der Waals surface area contributed by atoms with E-state index in [1.807, 2.05) is 18.3 Å². The summed E-state index contributed by atoms with van der Waals surface area (Å²) in [4.78, 5) is 4.39. The summed E-state index contributed by atoms with van der Waals surface area (Å²) in [6.45, 7) is 0.928. The molecular weight excluding hydrogens is 256 g/mol. The van der Waals surface area contributed by atoms with Crippen LogP contribution >= 0.6 is 0 Å². The molecule has 2 heterocycles. The third-order valence-corrected chi connectivity index (χ3v) is 4.11. The summed E-state index contributed by atoms with van der Waals surface area (Å²) in [5.74, 6) is 1.42. The third-order valence-electron chi connectivity index (χ3n) is 4.11. The molecule has 21 heavy (non-hydrogen) atoms. The standard InChI is InChI=1S/C19H16N2/c1-2-5-14(6-3-1)15-8-10-16(11-9-15)18-13-21-19-17(18)7-4-12-20-19/h1-12,18H,13H2,(H,20,21). The number of anilines is 1. The molecule has 1 aromatic heterocycles. The van der Waals surface area contributed by atoms with E-state index in [0.29, 0.717) is 5.92 Å². The Hall–Kier alpha value is -2.61. The molecule has 0 aliphatic carbocycles. The average molecular weight is 272 g/mol. The first-order valence-electron chi connectivity index (χ1n) is 7.26. The highest BCUT2D eigenvalue weighted by atomic mass is 15.0. The maximum Gasteiger partial charge on any atom is 0.129 e. The molecule has 0 bridgehead atoms. The Kier molecular flexibility index (Phi) is 2.93. The zero-order valence-electron chi connectivity index (χ0n) is 11.7. The van der Waals surface area contributed by atoms with Gasteiger partial charge < -0.3 is 5.32 Å². The van der Waals surface area contributed by atoms with Crippen LogP contribution in [0.15, 0.2) is 72.9 Å². The second-order valence-corrected chi connectivity index (χ2v) is 5.36. The normalized spacial score (nSPS) is 16.3. The number of pyridine rings is 1. The van der Waals surface area contributed by atoms with Gasteiger partial charge in [0, 0.05) is 24.2 Å². The fourth-order valence-electron chi connectivity index (χ4n) is 2.99. The molecule has 1 aliphatic rings. The predicted octanol–water partition coefficient (Wildman–Crippen LogP) is 4.31. The zero-order chi connectivity index (χ0) is 14.1. The Morgan fingerprint density at radius 2 is 1.57 bits per heavy atom. The summed E-state index contributed by atoms with van der Waals surface area (Å²) in [7, 11) is 0. The Morgan fingerprint density at radius 1 is 0.810 bits per heavy atom. The van der Waals surface area contributed by atoms with Crippen molar-refractivity contribution in [3.8, 4) is 11.1 Å². The molecule has 2 aromatic carbocycles. The van der Waals surface area contributed by atoms with Gasteiger partial charge in [-0.2, -0.15) is 0 Å². The number of hydrogen-bond acceptors (Lipinski definition) is 2. The van der Waals surface area contributed by atoms with Crippen molar-refractivity contribution in [3.05, 3.63) is 84.1 Å². The van der Waals surface area contributed by atoms with Crippen LogP contribution in [-0.4, -0.2) is 11.5 Å². The number of aromatic nitrogens is 1.